The maximum Gasteiger partial charge on any atom is 0.303 e. The molecule has 140 valence electrons. The highest BCUT2D eigenvalue weighted by Gasteiger charge is 2.51. The zero-order valence-electron chi connectivity index (χ0n) is 14.0. The molecule has 0 aromatic carbocycles. The van der Waals surface area contributed by atoms with Gasteiger partial charge in [0.05, 0.1) is 16.1 Å². The topological polar surface area (TPSA) is 127 Å². The first kappa shape index (κ1) is 20.9. The molecule has 25 heavy (non-hydrogen) atoms. The summed E-state index contributed by atoms with van der Waals surface area (Å²) in [6, 6.07) is 0. The van der Waals surface area contributed by atoms with Crippen molar-refractivity contribution >= 4 is 45.9 Å². The van der Waals surface area contributed by atoms with E-state index in [-0.39, 0.29) is 12.5 Å². The van der Waals surface area contributed by atoms with Crippen molar-refractivity contribution in [3.05, 3.63) is 0 Å². The molecule has 0 N–H and O–H groups in total. The molecule has 0 aliphatic carbocycles. The SMILES string of the molecule is CC(=O)OC[C@H]1O/C(=N\Br)[C@@H](OC(C)=O)[C@@H](OC(C)=O)[C@@H]1OC(C)=O. The van der Waals surface area contributed by atoms with Gasteiger partial charge in [-0.05, 0) is 0 Å². The first-order chi connectivity index (χ1) is 11.6. The third-order valence-corrected chi connectivity index (χ3v) is 3.28. The van der Waals surface area contributed by atoms with Gasteiger partial charge in [0.15, 0.2) is 18.3 Å². The Balaban J connectivity index is 3.23. The van der Waals surface area contributed by atoms with Gasteiger partial charge in [-0.1, -0.05) is 0 Å². The quantitative estimate of drug-likeness (QED) is 0.457. The smallest absolute Gasteiger partial charge is 0.303 e. The summed E-state index contributed by atoms with van der Waals surface area (Å²) in [7, 11) is 0. The van der Waals surface area contributed by atoms with Gasteiger partial charge in [0.1, 0.15) is 6.61 Å². The lowest BCUT2D eigenvalue weighted by molar-refractivity contribution is -0.200. The number of ether oxygens (including phenoxy) is 5. The Hall–Kier alpha value is -2.17. The second-order valence-electron chi connectivity index (χ2n) is 5.06. The third-order valence-electron chi connectivity index (χ3n) is 2.94. The molecule has 0 unspecified atom stereocenters. The molecule has 0 bridgehead atoms. The van der Waals surface area contributed by atoms with E-state index < -0.39 is 48.3 Å². The van der Waals surface area contributed by atoms with Crippen LogP contribution in [0.15, 0.2) is 4.02 Å². The largest absolute Gasteiger partial charge is 0.467 e. The van der Waals surface area contributed by atoms with Crippen LogP contribution in [0.4, 0.5) is 0 Å². The van der Waals surface area contributed by atoms with Crippen molar-refractivity contribution in [2.45, 2.75) is 52.1 Å². The molecule has 0 saturated carbocycles. The number of hydrogen-bond donors (Lipinski definition) is 0. The molecular weight excluding hydrogens is 406 g/mol. The lowest BCUT2D eigenvalue weighted by Crippen LogP contribution is -2.60. The summed E-state index contributed by atoms with van der Waals surface area (Å²) in [5.41, 5.74) is 0. The highest BCUT2D eigenvalue weighted by molar-refractivity contribution is 9.08. The van der Waals surface area contributed by atoms with Crippen molar-refractivity contribution < 1.29 is 42.9 Å². The molecule has 0 radical (unpaired) electrons. The van der Waals surface area contributed by atoms with Crippen LogP contribution in [0, 0.1) is 0 Å². The molecule has 10 nitrogen and oxygen atoms in total. The van der Waals surface area contributed by atoms with E-state index in [1.807, 2.05) is 0 Å². The van der Waals surface area contributed by atoms with Gasteiger partial charge in [0, 0.05) is 27.7 Å². The molecule has 1 aliphatic heterocycles. The second-order valence-corrected chi connectivity index (χ2v) is 5.41. The molecule has 0 aromatic heterocycles. The Morgan fingerprint density at radius 1 is 0.920 bits per heavy atom. The van der Waals surface area contributed by atoms with Crippen LogP contribution in [0.1, 0.15) is 27.7 Å². The fourth-order valence-electron chi connectivity index (χ4n) is 2.16. The minimum atomic E-state index is -1.25. The zero-order valence-corrected chi connectivity index (χ0v) is 15.6. The van der Waals surface area contributed by atoms with E-state index in [4.69, 9.17) is 23.7 Å². The standard InChI is InChI=1S/C14H18BrNO9/c1-6(17)21-5-10-11(22-7(2)18)12(23-8(3)19)13(24-9(4)20)14(16-15)25-10/h10-13H,5H2,1-4H3/b16-14-/t10-,11-,12+,13+/m1/s1. The Morgan fingerprint density at radius 2 is 1.44 bits per heavy atom. The highest BCUT2D eigenvalue weighted by atomic mass is 79.9. The summed E-state index contributed by atoms with van der Waals surface area (Å²) in [5, 5.41) is 0. The maximum atomic E-state index is 11.5. The monoisotopic (exact) mass is 423 g/mol. The Kier molecular flexibility index (Phi) is 7.81. The molecule has 1 fully saturated rings. The fourth-order valence-corrected chi connectivity index (χ4v) is 2.45. The first-order valence-corrected chi connectivity index (χ1v) is 7.87. The van der Waals surface area contributed by atoms with E-state index in [1.165, 1.54) is 6.92 Å². The van der Waals surface area contributed by atoms with Crippen molar-refractivity contribution in [1.82, 2.24) is 0 Å². The minimum Gasteiger partial charge on any atom is -0.467 e. The van der Waals surface area contributed by atoms with Crippen molar-refractivity contribution in [3.8, 4) is 0 Å². The zero-order chi connectivity index (χ0) is 19.1. The van der Waals surface area contributed by atoms with E-state index in [2.05, 4.69) is 20.2 Å². The summed E-state index contributed by atoms with van der Waals surface area (Å²) in [6.45, 7) is 4.31. The summed E-state index contributed by atoms with van der Waals surface area (Å²) in [5.74, 6) is -2.82. The summed E-state index contributed by atoms with van der Waals surface area (Å²) in [4.78, 5) is 45.3. The van der Waals surface area contributed by atoms with Gasteiger partial charge in [-0.15, -0.1) is 0 Å². The number of carbonyl (C=O) groups excluding carboxylic acids is 4. The van der Waals surface area contributed by atoms with E-state index in [0.717, 1.165) is 20.8 Å². The van der Waals surface area contributed by atoms with Gasteiger partial charge in [0.25, 0.3) is 0 Å². The minimum absolute atomic E-state index is 0.137. The lowest BCUT2D eigenvalue weighted by atomic mass is 9.98. The summed E-state index contributed by atoms with van der Waals surface area (Å²) >= 11 is 2.83. The van der Waals surface area contributed by atoms with Crippen LogP contribution < -0.4 is 0 Å². The normalized spacial score (nSPS) is 27.0. The number of halogens is 1. The average Bonchev–Trinajstić information content (AvgIpc) is 2.48. The molecular formula is C14H18BrNO9. The van der Waals surface area contributed by atoms with Gasteiger partial charge in [-0.3, -0.25) is 19.2 Å². The molecule has 11 heteroatoms. The number of rotatable bonds is 5. The van der Waals surface area contributed by atoms with E-state index in [0.29, 0.717) is 0 Å². The van der Waals surface area contributed by atoms with Crippen LogP contribution in [-0.4, -0.2) is 60.8 Å². The van der Waals surface area contributed by atoms with Crippen molar-refractivity contribution in [2.75, 3.05) is 6.61 Å². The molecule has 1 aliphatic rings. The summed E-state index contributed by atoms with van der Waals surface area (Å²) < 4.78 is 29.5. The maximum absolute atomic E-state index is 11.5. The lowest BCUT2D eigenvalue weighted by Gasteiger charge is -2.40. The van der Waals surface area contributed by atoms with Gasteiger partial charge in [0.2, 0.25) is 12.0 Å². The van der Waals surface area contributed by atoms with Crippen molar-refractivity contribution in [1.29, 1.82) is 0 Å². The van der Waals surface area contributed by atoms with Crippen LogP contribution in [0.25, 0.3) is 0 Å². The molecule has 4 atom stereocenters. The molecule has 0 amide bonds. The number of carbonyl (C=O) groups is 4. The van der Waals surface area contributed by atoms with Crippen molar-refractivity contribution in [3.63, 3.8) is 0 Å². The second kappa shape index (κ2) is 9.35. The first-order valence-electron chi connectivity index (χ1n) is 7.16. The van der Waals surface area contributed by atoms with E-state index >= 15 is 0 Å². The van der Waals surface area contributed by atoms with Gasteiger partial charge in [-0.25, -0.2) is 0 Å². The predicted molar refractivity (Wildman–Crippen MR) is 84.5 cm³/mol. The summed E-state index contributed by atoms with van der Waals surface area (Å²) in [6.07, 6.45) is -4.71. The predicted octanol–water partition coefficient (Wildman–Crippen LogP) is 0.452. The van der Waals surface area contributed by atoms with Gasteiger partial charge < -0.3 is 23.7 Å². The van der Waals surface area contributed by atoms with Crippen LogP contribution in [0.2, 0.25) is 0 Å². The third kappa shape index (κ3) is 6.33. The molecule has 0 aromatic rings. The number of hydrogen-bond acceptors (Lipinski definition) is 10. The highest BCUT2D eigenvalue weighted by Crippen LogP contribution is 2.27. The fraction of sp³-hybridized carbons (Fsp3) is 0.643. The van der Waals surface area contributed by atoms with Gasteiger partial charge >= 0.3 is 23.9 Å². The van der Waals surface area contributed by atoms with Crippen molar-refractivity contribution in [2.24, 2.45) is 4.02 Å². The van der Waals surface area contributed by atoms with Crippen LogP contribution in [0.3, 0.4) is 0 Å². The van der Waals surface area contributed by atoms with Crippen LogP contribution >= 0.6 is 16.1 Å². The van der Waals surface area contributed by atoms with Crippen LogP contribution in [0.5, 0.6) is 0 Å². The average molecular weight is 424 g/mol. The molecule has 1 saturated heterocycles. The van der Waals surface area contributed by atoms with Gasteiger partial charge in [-0.2, -0.15) is 4.02 Å². The molecule has 1 rings (SSSR count). The number of esters is 4. The Labute approximate surface area is 152 Å². The molecule has 1 heterocycles. The van der Waals surface area contributed by atoms with Crippen LogP contribution in [-0.2, 0) is 42.9 Å². The Bertz CT molecular complexity index is 577. The van der Waals surface area contributed by atoms with E-state index in [1.54, 1.807) is 0 Å². The molecule has 0 spiro atoms. The number of nitrogens with zero attached hydrogens (tertiary/aromatic N) is 1. The Morgan fingerprint density at radius 3 is 1.88 bits per heavy atom. The van der Waals surface area contributed by atoms with E-state index in [9.17, 15) is 19.2 Å².